The van der Waals surface area contributed by atoms with Crippen LogP contribution in [0.25, 0.3) is 0 Å². The van der Waals surface area contributed by atoms with Crippen LogP contribution in [-0.2, 0) is 14.4 Å². The molecule has 0 spiro atoms. The number of hydrogen-bond donors (Lipinski definition) is 1. The molecular weight excluding hydrogens is 318 g/mol. The second-order valence-corrected chi connectivity index (χ2v) is 6.24. The summed E-state index contributed by atoms with van der Waals surface area (Å²) in [6.45, 7) is 8.17. The molecular formula is C19H29N3O3. The molecule has 1 aliphatic heterocycles. The fourth-order valence-electron chi connectivity index (χ4n) is 2.96. The minimum absolute atomic E-state index is 0.238. The van der Waals surface area contributed by atoms with E-state index < -0.39 is 11.9 Å². The highest BCUT2D eigenvalue weighted by Gasteiger charge is 2.33. The topological polar surface area (TPSA) is 69.7 Å². The second kappa shape index (κ2) is 9.20. The average molecular weight is 347 g/mol. The Kier molecular flexibility index (Phi) is 7.61. The van der Waals surface area contributed by atoms with Crippen molar-refractivity contribution < 1.29 is 14.4 Å². The highest BCUT2D eigenvalue weighted by atomic mass is 16.2. The normalized spacial score (nSPS) is 16.7. The summed E-state index contributed by atoms with van der Waals surface area (Å²) < 4.78 is 0. The number of hydrogen-bond acceptors (Lipinski definition) is 4. The lowest BCUT2D eigenvalue weighted by Crippen LogP contribution is -2.52. The van der Waals surface area contributed by atoms with Crippen LogP contribution in [0.1, 0.15) is 52.0 Å². The molecule has 1 heterocycles. The molecule has 0 aliphatic carbocycles. The van der Waals surface area contributed by atoms with Gasteiger partial charge < -0.3 is 9.80 Å². The second-order valence-electron chi connectivity index (χ2n) is 6.24. The molecule has 6 heteroatoms. The maximum absolute atomic E-state index is 12.1. The quantitative estimate of drug-likeness (QED) is 0.657. The van der Waals surface area contributed by atoms with Crippen molar-refractivity contribution in [3.8, 4) is 0 Å². The van der Waals surface area contributed by atoms with Gasteiger partial charge in [0, 0.05) is 20.5 Å². The highest BCUT2D eigenvalue weighted by molar-refractivity contribution is 6.04. The van der Waals surface area contributed by atoms with Gasteiger partial charge in [-0.05, 0) is 24.0 Å². The van der Waals surface area contributed by atoms with Gasteiger partial charge in [0.1, 0.15) is 6.04 Å². The first kappa shape index (κ1) is 20.7. The molecule has 1 N–H and O–H groups in total. The summed E-state index contributed by atoms with van der Waals surface area (Å²) in [6, 6.07) is 5.09. The Morgan fingerprint density at radius 3 is 2.32 bits per heavy atom. The molecule has 0 radical (unpaired) electrons. The van der Waals surface area contributed by atoms with Crippen molar-refractivity contribution >= 4 is 29.6 Å². The molecule has 1 fully saturated rings. The lowest BCUT2D eigenvalue weighted by Gasteiger charge is -2.33. The predicted octanol–water partition coefficient (Wildman–Crippen LogP) is 2.67. The van der Waals surface area contributed by atoms with Crippen LogP contribution < -0.4 is 15.1 Å². The summed E-state index contributed by atoms with van der Waals surface area (Å²) in [6.07, 6.45) is 1.25. The number of nitrogens with zero attached hydrogens (tertiary/aromatic N) is 2. The van der Waals surface area contributed by atoms with Crippen molar-refractivity contribution in [3.05, 3.63) is 23.8 Å². The average Bonchev–Trinajstić information content (AvgIpc) is 2.58. The maximum atomic E-state index is 12.1. The Morgan fingerprint density at radius 1 is 1.20 bits per heavy atom. The van der Waals surface area contributed by atoms with E-state index in [1.54, 1.807) is 0 Å². The Balaban J connectivity index is 0.00000151. The van der Waals surface area contributed by atoms with Gasteiger partial charge in [-0.1, -0.05) is 39.8 Å². The van der Waals surface area contributed by atoms with Crippen LogP contribution in [0, 0.1) is 0 Å². The summed E-state index contributed by atoms with van der Waals surface area (Å²) in [5, 5.41) is 2.31. The SMILES string of the molecule is CC.CC(C)c1cccc(N(C=O)C2CCC(=O)NC2=O)c1N(C)C. The number of nitrogens with one attached hydrogen (secondary N) is 1. The minimum atomic E-state index is -0.661. The smallest absolute Gasteiger partial charge is 0.249 e. The number of anilines is 2. The third-order valence-electron chi connectivity index (χ3n) is 4.05. The fourth-order valence-corrected chi connectivity index (χ4v) is 2.96. The Labute approximate surface area is 150 Å². The molecule has 138 valence electrons. The number of carbonyl (C=O) groups is 3. The molecule has 6 nitrogen and oxygen atoms in total. The Hall–Kier alpha value is -2.37. The van der Waals surface area contributed by atoms with Crippen molar-refractivity contribution in [2.24, 2.45) is 0 Å². The van der Waals surface area contributed by atoms with E-state index in [0.29, 0.717) is 18.5 Å². The van der Waals surface area contributed by atoms with Gasteiger partial charge in [-0.15, -0.1) is 0 Å². The van der Waals surface area contributed by atoms with E-state index in [1.165, 1.54) is 4.90 Å². The number of imide groups is 1. The monoisotopic (exact) mass is 347 g/mol. The zero-order valence-corrected chi connectivity index (χ0v) is 16.0. The molecule has 0 aromatic heterocycles. The molecule has 1 aromatic rings. The van der Waals surface area contributed by atoms with Gasteiger partial charge >= 0.3 is 0 Å². The summed E-state index contributed by atoms with van der Waals surface area (Å²) in [4.78, 5) is 38.6. The summed E-state index contributed by atoms with van der Waals surface area (Å²) in [5.41, 5.74) is 2.71. The molecule has 0 saturated carbocycles. The van der Waals surface area contributed by atoms with Crippen LogP contribution in [0.3, 0.4) is 0 Å². The Morgan fingerprint density at radius 2 is 1.84 bits per heavy atom. The molecule has 1 saturated heterocycles. The number of amides is 3. The fraction of sp³-hybridized carbons (Fsp3) is 0.526. The number of piperidine rings is 1. The molecule has 3 amide bonds. The van der Waals surface area contributed by atoms with Gasteiger partial charge in [0.25, 0.3) is 0 Å². The van der Waals surface area contributed by atoms with Crippen molar-refractivity contribution in [3.63, 3.8) is 0 Å². The van der Waals surface area contributed by atoms with Crippen molar-refractivity contribution in [2.75, 3.05) is 23.9 Å². The van der Waals surface area contributed by atoms with Gasteiger partial charge in [-0.2, -0.15) is 0 Å². The van der Waals surface area contributed by atoms with E-state index in [-0.39, 0.29) is 18.2 Å². The van der Waals surface area contributed by atoms with E-state index in [4.69, 9.17) is 0 Å². The van der Waals surface area contributed by atoms with Crippen LogP contribution in [-0.4, -0.2) is 38.4 Å². The third-order valence-corrected chi connectivity index (χ3v) is 4.05. The minimum Gasteiger partial charge on any atom is -0.376 e. The van der Waals surface area contributed by atoms with Crippen LogP contribution in [0.5, 0.6) is 0 Å². The van der Waals surface area contributed by atoms with Gasteiger partial charge in [0.05, 0.1) is 11.4 Å². The molecule has 1 aliphatic rings. The molecule has 2 rings (SSSR count). The summed E-state index contributed by atoms with van der Waals surface area (Å²) in [5.74, 6) is -0.434. The van der Waals surface area contributed by atoms with Gasteiger partial charge in [-0.3, -0.25) is 19.7 Å². The van der Waals surface area contributed by atoms with Crippen molar-refractivity contribution in [1.29, 1.82) is 0 Å². The van der Waals surface area contributed by atoms with Crippen LogP contribution >= 0.6 is 0 Å². The van der Waals surface area contributed by atoms with Crippen molar-refractivity contribution in [2.45, 2.75) is 52.5 Å². The van der Waals surface area contributed by atoms with E-state index >= 15 is 0 Å². The standard InChI is InChI=1S/C17H23N3O3.C2H6/c1-11(2)12-6-5-7-13(16(12)19(3)4)20(10-21)14-8-9-15(22)18-17(14)23;1-2/h5-7,10-11,14H,8-9H2,1-4H3,(H,18,22,23);1-2H3. The first-order valence-electron chi connectivity index (χ1n) is 8.74. The van der Waals surface area contributed by atoms with Crippen LogP contribution in [0.15, 0.2) is 18.2 Å². The first-order chi connectivity index (χ1) is 11.9. The zero-order valence-electron chi connectivity index (χ0n) is 16.0. The molecule has 25 heavy (non-hydrogen) atoms. The van der Waals surface area contributed by atoms with Gasteiger partial charge in [0.15, 0.2) is 0 Å². The predicted molar refractivity (Wildman–Crippen MR) is 101 cm³/mol. The first-order valence-corrected chi connectivity index (χ1v) is 8.74. The van der Waals surface area contributed by atoms with E-state index in [9.17, 15) is 14.4 Å². The van der Waals surface area contributed by atoms with Gasteiger partial charge in [-0.25, -0.2) is 0 Å². The largest absolute Gasteiger partial charge is 0.376 e. The maximum Gasteiger partial charge on any atom is 0.249 e. The summed E-state index contributed by atoms with van der Waals surface area (Å²) in [7, 11) is 3.83. The zero-order chi connectivity index (χ0) is 19.1. The number of carbonyl (C=O) groups excluding carboxylic acids is 3. The lowest BCUT2D eigenvalue weighted by atomic mass is 9.97. The van der Waals surface area contributed by atoms with Crippen LogP contribution in [0.4, 0.5) is 11.4 Å². The van der Waals surface area contributed by atoms with E-state index in [0.717, 1.165) is 11.3 Å². The third kappa shape index (κ3) is 4.59. The van der Waals surface area contributed by atoms with Gasteiger partial charge in [0.2, 0.25) is 18.2 Å². The Bertz CT molecular complexity index is 626. The van der Waals surface area contributed by atoms with E-state index in [2.05, 4.69) is 19.2 Å². The lowest BCUT2D eigenvalue weighted by molar-refractivity contribution is -0.134. The van der Waals surface area contributed by atoms with E-state index in [1.807, 2.05) is 51.0 Å². The molecule has 0 bridgehead atoms. The molecule has 1 unspecified atom stereocenters. The summed E-state index contributed by atoms with van der Waals surface area (Å²) >= 11 is 0. The number of rotatable bonds is 5. The molecule has 1 atom stereocenters. The van der Waals surface area contributed by atoms with Crippen molar-refractivity contribution in [1.82, 2.24) is 5.32 Å². The van der Waals surface area contributed by atoms with Crippen LogP contribution in [0.2, 0.25) is 0 Å². The highest BCUT2D eigenvalue weighted by Crippen LogP contribution is 2.37. The number of para-hydroxylation sites is 1. The number of benzene rings is 1. The molecule has 1 aromatic carbocycles.